The molecule has 0 amide bonds. The molecule has 3 heteroatoms. The van der Waals surface area contributed by atoms with Gasteiger partial charge in [-0.3, -0.25) is 4.79 Å². The molecule has 1 aliphatic carbocycles. The highest BCUT2D eigenvalue weighted by atomic mass is 79.9. The lowest BCUT2D eigenvalue weighted by atomic mass is 9.84. The van der Waals surface area contributed by atoms with Crippen LogP contribution in [-0.4, -0.2) is 10.4 Å². The molecule has 0 bridgehead atoms. The lowest BCUT2D eigenvalue weighted by molar-refractivity contribution is 0.0891. The van der Waals surface area contributed by atoms with Gasteiger partial charge in [0.2, 0.25) is 0 Å². The molecule has 128 valence electrons. The van der Waals surface area contributed by atoms with Crippen LogP contribution >= 0.6 is 15.9 Å². The van der Waals surface area contributed by atoms with Gasteiger partial charge in [-0.1, -0.05) is 65.5 Å². The Hall–Kier alpha value is -1.87. The Kier molecular flexibility index (Phi) is 4.76. The van der Waals surface area contributed by atoms with Crippen molar-refractivity contribution in [3.05, 3.63) is 70.3 Å². The first kappa shape index (κ1) is 16.6. The van der Waals surface area contributed by atoms with Gasteiger partial charge in [0.15, 0.2) is 5.78 Å². The molecule has 0 unspecified atom stereocenters. The van der Waals surface area contributed by atoms with Gasteiger partial charge >= 0.3 is 0 Å². The molecule has 0 radical (unpaired) electrons. The van der Waals surface area contributed by atoms with E-state index >= 15 is 0 Å². The minimum Gasteiger partial charge on any atom is -0.342 e. The number of halogens is 1. The molecular weight excluding hydrogens is 374 g/mol. The van der Waals surface area contributed by atoms with Crippen molar-refractivity contribution >= 4 is 32.6 Å². The molecule has 4 rings (SSSR count). The van der Waals surface area contributed by atoms with E-state index in [1.807, 2.05) is 6.07 Å². The third-order valence-corrected chi connectivity index (χ3v) is 5.82. The molecule has 1 aromatic heterocycles. The van der Waals surface area contributed by atoms with Crippen molar-refractivity contribution in [2.24, 2.45) is 5.92 Å². The fourth-order valence-electron chi connectivity index (χ4n) is 3.95. The van der Waals surface area contributed by atoms with E-state index in [1.165, 1.54) is 24.8 Å². The molecule has 1 fully saturated rings. The standard InChI is InChI=1S/C22H22BrNO/c23-18-12-10-16(11-13-18)14-24-15-20(19-8-4-5-9-21(19)24)22(25)17-6-2-1-3-7-17/h4-5,8-13,15,17H,1-3,6-7,14H2. The van der Waals surface area contributed by atoms with Crippen LogP contribution in [0.25, 0.3) is 10.9 Å². The number of nitrogens with zero attached hydrogens (tertiary/aromatic N) is 1. The summed E-state index contributed by atoms with van der Waals surface area (Å²) in [4.78, 5) is 13.1. The second-order valence-corrected chi connectivity index (χ2v) is 7.93. The summed E-state index contributed by atoms with van der Waals surface area (Å²) < 4.78 is 3.30. The number of fused-ring (bicyclic) bond motifs is 1. The number of carbonyl (C=O) groups excluding carboxylic acids is 1. The Balaban J connectivity index is 1.70. The first-order chi connectivity index (χ1) is 12.2. The first-order valence-corrected chi connectivity index (χ1v) is 9.88. The molecule has 0 aliphatic heterocycles. The van der Waals surface area contributed by atoms with E-state index in [0.717, 1.165) is 40.3 Å². The van der Waals surface area contributed by atoms with Crippen LogP contribution in [0.1, 0.15) is 48.0 Å². The van der Waals surface area contributed by atoms with Crippen LogP contribution in [0.3, 0.4) is 0 Å². The minimum absolute atomic E-state index is 0.209. The van der Waals surface area contributed by atoms with Crippen LogP contribution in [0.15, 0.2) is 59.2 Å². The fraction of sp³-hybridized carbons (Fsp3) is 0.318. The topological polar surface area (TPSA) is 22.0 Å². The SMILES string of the molecule is O=C(c1cn(Cc2ccc(Br)cc2)c2ccccc12)C1CCCCC1. The fourth-order valence-corrected chi connectivity index (χ4v) is 4.21. The average Bonchev–Trinajstić information content (AvgIpc) is 3.02. The monoisotopic (exact) mass is 395 g/mol. The molecule has 0 saturated heterocycles. The zero-order valence-electron chi connectivity index (χ0n) is 14.2. The van der Waals surface area contributed by atoms with E-state index in [2.05, 4.69) is 69.2 Å². The molecule has 0 N–H and O–H groups in total. The number of para-hydroxylation sites is 1. The number of benzene rings is 2. The van der Waals surface area contributed by atoms with Crippen LogP contribution in [0.5, 0.6) is 0 Å². The van der Waals surface area contributed by atoms with Gasteiger partial charge < -0.3 is 4.57 Å². The van der Waals surface area contributed by atoms with Gasteiger partial charge in [-0.25, -0.2) is 0 Å². The summed E-state index contributed by atoms with van der Waals surface area (Å²) >= 11 is 3.49. The third-order valence-electron chi connectivity index (χ3n) is 5.30. The molecule has 1 aliphatic rings. The average molecular weight is 396 g/mol. The molecular formula is C22H22BrNO. The molecule has 2 aromatic carbocycles. The predicted molar refractivity (Wildman–Crippen MR) is 106 cm³/mol. The summed E-state index contributed by atoms with van der Waals surface area (Å²) in [7, 11) is 0. The van der Waals surface area contributed by atoms with Crippen LogP contribution < -0.4 is 0 Å². The molecule has 2 nitrogen and oxygen atoms in total. The minimum atomic E-state index is 0.209. The van der Waals surface area contributed by atoms with E-state index in [0.29, 0.717) is 5.78 Å². The largest absolute Gasteiger partial charge is 0.342 e. The van der Waals surface area contributed by atoms with Gasteiger partial charge in [0.1, 0.15) is 0 Å². The maximum Gasteiger partial charge on any atom is 0.168 e. The van der Waals surface area contributed by atoms with Crippen molar-refractivity contribution in [2.45, 2.75) is 38.6 Å². The van der Waals surface area contributed by atoms with Gasteiger partial charge in [0.25, 0.3) is 0 Å². The Morgan fingerprint density at radius 2 is 1.72 bits per heavy atom. The van der Waals surface area contributed by atoms with Crippen molar-refractivity contribution in [1.82, 2.24) is 4.57 Å². The van der Waals surface area contributed by atoms with Gasteiger partial charge in [0, 0.05) is 39.6 Å². The summed E-state index contributed by atoms with van der Waals surface area (Å²) in [6, 6.07) is 16.7. The Labute approximate surface area is 157 Å². The van der Waals surface area contributed by atoms with E-state index < -0.39 is 0 Å². The predicted octanol–water partition coefficient (Wildman–Crippen LogP) is 6.22. The summed E-state index contributed by atoms with van der Waals surface area (Å²) in [5.74, 6) is 0.547. The Morgan fingerprint density at radius 3 is 2.48 bits per heavy atom. The van der Waals surface area contributed by atoms with E-state index in [1.54, 1.807) is 0 Å². The second-order valence-electron chi connectivity index (χ2n) is 7.01. The van der Waals surface area contributed by atoms with Gasteiger partial charge in [-0.15, -0.1) is 0 Å². The van der Waals surface area contributed by atoms with Crippen molar-refractivity contribution in [1.29, 1.82) is 0 Å². The highest BCUT2D eigenvalue weighted by Gasteiger charge is 2.25. The smallest absolute Gasteiger partial charge is 0.168 e. The summed E-state index contributed by atoms with van der Waals surface area (Å²) in [5, 5.41) is 1.09. The maximum absolute atomic E-state index is 13.1. The van der Waals surface area contributed by atoms with Crippen LogP contribution in [0, 0.1) is 5.92 Å². The summed E-state index contributed by atoms with van der Waals surface area (Å²) in [5.41, 5.74) is 3.28. The third kappa shape index (κ3) is 3.43. The number of carbonyl (C=O) groups is 1. The summed E-state index contributed by atoms with van der Waals surface area (Å²) in [6.45, 7) is 0.783. The molecule has 3 aromatic rings. The lowest BCUT2D eigenvalue weighted by Gasteiger charge is -2.19. The van der Waals surface area contributed by atoms with Crippen molar-refractivity contribution in [3.63, 3.8) is 0 Å². The van der Waals surface area contributed by atoms with Gasteiger partial charge in [-0.05, 0) is 36.6 Å². The summed E-state index contributed by atoms with van der Waals surface area (Å²) in [6.07, 6.45) is 7.82. The van der Waals surface area contributed by atoms with Gasteiger partial charge in [0.05, 0.1) is 0 Å². The molecule has 0 atom stereocenters. The molecule has 1 heterocycles. The van der Waals surface area contributed by atoms with Crippen LogP contribution in [-0.2, 0) is 6.54 Å². The number of aromatic nitrogens is 1. The highest BCUT2D eigenvalue weighted by molar-refractivity contribution is 9.10. The Morgan fingerprint density at radius 1 is 1.00 bits per heavy atom. The van der Waals surface area contributed by atoms with Crippen LogP contribution in [0.2, 0.25) is 0 Å². The Bertz CT molecular complexity index is 888. The maximum atomic E-state index is 13.1. The zero-order valence-corrected chi connectivity index (χ0v) is 15.8. The normalized spacial score (nSPS) is 15.6. The number of hydrogen-bond donors (Lipinski definition) is 0. The lowest BCUT2D eigenvalue weighted by Crippen LogP contribution is -2.17. The number of ketones is 1. The highest BCUT2D eigenvalue weighted by Crippen LogP contribution is 2.31. The van der Waals surface area contributed by atoms with Crippen molar-refractivity contribution in [2.75, 3.05) is 0 Å². The van der Waals surface area contributed by atoms with Gasteiger partial charge in [-0.2, -0.15) is 0 Å². The van der Waals surface area contributed by atoms with Crippen molar-refractivity contribution in [3.8, 4) is 0 Å². The first-order valence-electron chi connectivity index (χ1n) is 9.09. The van der Waals surface area contributed by atoms with E-state index in [9.17, 15) is 4.79 Å². The quantitative estimate of drug-likeness (QED) is 0.480. The van der Waals surface area contributed by atoms with Crippen LogP contribution in [0.4, 0.5) is 0 Å². The van der Waals surface area contributed by atoms with E-state index in [-0.39, 0.29) is 5.92 Å². The second kappa shape index (κ2) is 7.17. The van der Waals surface area contributed by atoms with Crippen molar-refractivity contribution < 1.29 is 4.79 Å². The van der Waals surface area contributed by atoms with E-state index in [4.69, 9.17) is 0 Å². The molecule has 1 saturated carbocycles. The number of Topliss-reactive ketones (excluding diaryl/α,β-unsaturated/α-hetero) is 1. The molecule has 0 spiro atoms. The molecule has 25 heavy (non-hydrogen) atoms. The number of rotatable bonds is 4. The number of hydrogen-bond acceptors (Lipinski definition) is 1. The zero-order chi connectivity index (χ0) is 17.2.